The Bertz CT molecular complexity index is 544. The minimum absolute atomic E-state index is 0.825. The molecule has 0 unspecified atom stereocenters. The third-order valence-electron chi connectivity index (χ3n) is 2.90. The first-order valence-electron chi connectivity index (χ1n) is 5.48. The van der Waals surface area contributed by atoms with Crippen LogP contribution < -0.4 is 4.90 Å². The second-order valence-corrected chi connectivity index (χ2v) is 4.83. The topological polar surface area (TPSA) is 41.9 Å². The van der Waals surface area contributed by atoms with E-state index in [-0.39, 0.29) is 0 Å². The molecule has 0 N–H and O–H groups in total. The van der Waals surface area contributed by atoms with Gasteiger partial charge in [0, 0.05) is 37.5 Å². The summed E-state index contributed by atoms with van der Waals surface area (Å²) in [5, 5.41) is 0. The first kappa shape index (κ1) is 10.7. The third-order valence-corrected chi connectivity index (χ3v) is 3.52. The van der Waals surface area contributed by atoms with Crippen molar-refractivity contribution in [2.75, 3.05) is 11.4 Å². The van der Waals surface area contributed by atoms with Gasteiger partial charge in [0.1, 0.15) is 12.1 Å². The lowest BCUT2D eigenvalue weighted by molar-refractivity contribution is 0.695. The Morgan fingerprint density at radius 2 is 2.24 bits per heavy atom. The number of fused-ring (bicyclic) bond motifs is 1. The fourth-order valence-corrected chi connectivity index (χ4v) is 2.56. The normalized spacial score (nSPS) is 14.5. The lowest BCUT2D eigenvalue weighted by atomic mass is 10.1. The highest BCUT2D eigenvalue weighted by molar-refractivity contribution is 9.10. The van der Waals surface area contributed by atoms with Crippen molar-refractivity contribution in [2.24, 2.45) is 0 Å². The van der Waals surface area contributed by atoms with E-state index in [4.69, 9.17) is 0 Å². The summed E-state index contributed by atoms with van der Waals surface area (Å²) in [7, 11) is 0. The first-order chi connectivity index (χ1) is 8.34. The van der Waals surface area contributed by atoms with Crippen LogP contribution >= 0.6 is 15.9 Å². The van der Waals surface area contributed by atoms with Gasteiger partial charge < -0.3 is 4.90 Å². The standard InChI is InChI=1S/C12H11BrN4/c13-10-2-1-4-15-12(10)17-5-3-11-9(7-17)6-14-8-16-11/h1-2,4,6,8H,3,5,7H2. The number of nitrogens with zero attached hydrogens (tertiary/aromatic N) is 4. The number of hydrogen-bond acceptors (Lipinski definition) is 4. The molecule has 4 nitrogen and oxygen atoms in total. The molecule has 1 aliphatic heterocycles. The van der Waals surface area contributed by atoms with Crippen molar-refractivity contribution in [1.29, 1.82) is 0 Å². The Morgan fingerprint density at radius 3 is 3.12 bits per heavy atom. The molecule has 0 saturated heterocycles. The lowest BCUT2D eigenvalue weighted by Gasteiger charge is -2.29. The van der Waals surface area contributed by atoms with Gasteiger partial charge in [-0.05, 0) is 28.1 Å². The maximum Gasteiger partial charge on any atom is 0.143 e. The Labute approximate surface area is 108 Å². The molecule has 2 aromatic heterocycles. The van der Waals surface area contributed by atoms with Crippen LogP contribution in [0, 0.1) is 0 Å². The van der Waals surface area contributed by atoms with Crippen LogP contribution in [-0.2, 0) is 13.0 Å². The molecule has 0 aromatic carbocycles. The minimum atomic E-state index is 0.825. The quantitative estimate of drug-likeness (QED) is 0.807. The molecule has 2 aromatic rings. The summed E-state index contributed by atoms with van der Waals surface area (Å²) < 4.78 is 1.03. The smallest absolute Gasteiger partial charge is 0.143 e. The number of pyridine rings is 1. The van der Waals surface area contributed by atoms with E-state index < -0.39 is 0 Å². The van der Waals surface area contributed by atoms with Gasteiger partial charge in [0.2, 0.25) is 0 Å². The van der Waals surface area contributed by atoms with Crippen molar-refractivity contribution in [2.45, 2.75) is 13.0 Å². The van der Waals surface area contributed by atoms with Gasteiger partial charge in [0.25, 0.3) is 0 Å². The van der Waals surface area contributed by atoms with Gasteiger partial charge in [-0.1, -0.05) is 0 Å². The van der Waals surface area contributed by atoms with Crippen LogP contribution in [0.4, 0.5) is 5.82 Å². The molecule has 17 heavy (non-hydrogen) atoms. The molecule has 0 saturated carbocycles. The minimum Gasteiger partial charge on any atom is -0.351 e. The summed E-state index contributed by atoms with van der Waals surface area (Å²) in [6, 6.07) is 3.94. The maximum atomic E-state index is 4.41. The molecule has 5 heteroatoms. The van der Waals surface area contributed by atoms with Crippen molar-refractivity contribution in [3.63, 3.8) is 0 Å². The van der Waals surface area contributed by atoms with E-state index in [9.17, 15) is 0 Å². The zero-order valence-corrected chi connectivity index (χ0v) is 10.8. The van der Waals surface area contributed by atoms with Gasteiger partial charge in [-0.3, -0.25) is 0 Å². The summed E-state index contributed by atoms with van der Waals surface area (Å²) >= 11 is 3.54. The van der Waals surface area contributed by atoms with Gasteiger partial charge in [-0.2, -0.15) is 0 Å². The van der Waals surface area contributed by atoms with Crippen molar-refractivity contribution in [3.8, 4) is 0 Å². The molecule has 0 bridgehead atoms. The fraction of sp³-hybridized carbons (Fsp3) is 0.250. The Morgan fingerprint density at radius 1 is 1.29 bits per heavy atom. The van der Waals surface area contributed by atoms with Gasteiger partial charge in [-0.25, -0.2) is 15.0 Å². The van der Waals surface area contributed by atoms with E-state index in [1.165, 1.54) is 5.56 Å². The van der Waals surface area contributed by atoms with Crippen LogP contribution in [0.5, 0.6) is 0 Å². The average molecular weight is 291 g/mol. The summed E-state index contributed by atoms with van der Waals surface area (Å²) in [5.41, 5.74) is 2.35. The van der Waals surface area contributed by atoms with Crippen LogP contribution in [0.3, 0.4) is 0 Å². The Balaban J connectivity index is 1.92. The third kappa shape index (κ3) is 2.02. The van der Waals surface area contributed by atoms with Crippen molar-refractivity contribution < 1.29 is 0 Å². The molecule has 0 aliphatic carbocycles. The van der Waals surface area contributed by atoms with Crippen LogP contribution in [-0.4, -0.2) is 21.5 Å². The monoisotopic (exact) mass is 290 g/mol. The van der Waals surface area contributed by atoms with E-state index in [2.05, 4.69) is 35.8 Å². The van der Waals surface area contributed by atoms with Gasteiger partial charge in [-0.15, -0.1) is 0 Å². The van der Waals surface area contributed by atoms with Crippen LogP contribution in [0.1, 0.15) is 11.3 Å². The number of rotatable bonds is 1. The van der Waals surface area contributed by atoms with E-state index in [0.717, 1.165) is 35.5 Å². The number of anilines is 1. The molecule has 0 amide bonds. The predicted octanol–water partition coefficient (Wildman–Crippen LogP) is 2.20. The molecule has 1 aliphatic rings. The highest BCUT2D eigenvalue weighted by Gasteiger charge is 2.19. The molecule has 0 spiro atoms. The molecule has 3 rings (SSSR count). The zero-order valence-electron chi connectivity index (χ0n) is 9.17. The van der Waals surface area contributed by atoms with Crippen LogP contribution in [0.15, 0.2) is 35.3 Å². The summed E-state index contributed by atoms with van der Waals surface area (Å²) in [6.07, 6.45) is 6.27. The Hall–Kier alpha value is -1.49. The van der Waals surface area contributed by atoms with E-state index in [1.54, 1.807) is 6.33 Å². The highest BCUT2D eigenvalue weighted by atomic mass is 79.9. The van der Waals surface area contributed by atoms with E-state index in [1.807, 2.05) is 24.5 Å². The van der Waals surface area contributed by atoms with E-state index >= 15 is 0 Å². The van der Waals surface area contributed by atoms with Crippen LogP contribution in [0.2, 0.25) is 0 Å². The van der Waals surface area contributed by atoms with E-state index in [0.29, 0.717) is 0 Å². The molecule has 0 fully saturated rings. The summed E-state index contributed by atoms with van der Waals surface area (Å²) in [4.78, 5) is 15.0. The van der Waals surface area contributed by atoms with Gasteiger partial charge >= 0.3 is 0 Å². The van der Waals surface area contributed by atoms with Crippen molar-refractivity contribution in [3.05, 3.63) is 46.6 Å². The fourth-order valence-electron chi connectivity index (χ4n) is 2.06. The number of halogens is 1. The maximum absolute atomic E-state index is 4.41. The second-order valence-electron chi connectivity index (χ2n) is 3.98. The zero-order chi connectivity index (χ0) is 11.7. The molecule has 3 heterocycles. The van der Waals surface area contributed by atoms with Gasteiger partial charge in [0.15, 0.2) is 0 Å². The van der Waals surface area contributed by atoms with Gasteiger partial charge in [0.05, 0.1) is 10.2 Å². The van der Waals surface area contributed by atoms with Crippen molar-refractivity contribution in [1.82, 2.24) is 15.0 Å². The highest BCUT2D eigenvalue weighted by Crippen LogP contribution is 2.27. The molecular weight excluding hydrogens is 280 g/mol. The molecular formula is C12H11BrN4. The van der Waals surface area contributed by atoms with Crippen LogP contribution in [0.25, 0.3) is 0 Å². The number of aromatic nitrogens is 3. The Kier molecular flexibility index (Phi) is 2.76. The lowest BCUT2D eigenvalue weighted by Crippen LogP contribution is -2.31. The SMILES string of the molecule is Brc1cccnc1N1CCc2ncncc2C1. The second kappa shape index (κ2) is 4.41. The molecule has 86 valence electrons. The van der Waals surface area contributed by atoms with Crippen molar-refractivity contribution >= 4 is 21.7 Å². The predicted molar refractivity (Wildman–Crippen MR) is 68.7 cm³/mol. The summed E-state index contributed by atoms with van der Waals surface area (Å²) in [5.74, 6) is 0.988. The molecule has 0 radical (unpaired) electrons. The average Bonchev–Trinajstić information content (AvgIpc) is 2.39. The number of hydrogen-bond donors (Lipinski definition) is 0. The largest absolute Gasteiger partial charge is 0.351 e. The summed E-state index contributed by atoms with van der Waals surface area (Å²) in [6.45, 7) is 1.77. The first-order valence-corrected chi connectivity index (χ1v) is 6.27. The molecule has 0 atom stereocenters.